The van der Waals surface area contributed by atoms with Crippen molar-refractivity contribution in [2.75, 3.05) is 18.4 Å². The van der Waals surface area contributed by atoms with Crippen LogP contribution in [-0.4, -0.2) is 31.7 Å². The van der Waals surface area contributed by atoms with Crippen LogP contribution in [0.2, 0.25) is 5.02 Å². The Kier molecular flexibility index (Phi) is 6.45. The molecule has 1 N–H and O–H groups in total. The molecule has 1 aliphatic rings. The van der Waals surface area contributed by atoms with Gasteiger partial charge < -0.3 is 10.1 Å². The minimum atomic E-state index is -4.02. The number of amides is 1. The van der Waals surface area contributed by atoms with Gasteiger partial charge in [-0.2, -0.15) is 4.31 Å². The first-order chi connectivity index (χ1) is 15.3. The van der Waals surface area contributed by atoms with Gasteiger partial charge in [0.05, 0.1) is 5.69 Å². The summed E-state index contributed by atoms with van der Waals surface area (Å²) in [4.78, 5) is 12.4. The van der Waals surface area contributed by atoms with Crippen molar-refractivity contribution < 1.29 is 22.3 Å². The second-order valence-electron chi connectivity index (χ2n) is 7.27. The summed E-state index contributed by atoms with van der Waals surface area (Å²) in [6.45, 7) is 0.668. The van der Waals surface area contributed by atoms with Gasteiger partial charge in [0, 0.05) is 23.7 Å². The van der Waals surface area contributed by atoms with Crippen LogP contribution in [0.15, 0.2) is 71.6 Å². The zero-order valence-electron chi connectivity index (χ0n) is 16.9. The van der Waals surface area contributed by atoms with Crippen molar-refractivity contribution in [3.8, 4) is 11.5 Å². The van der Waals surface area contributed by atoms with Gasteiger partial charge in [0.1, 0.15) is 16.5 Å². The molecule has 0 aliphatic carbocycles. The molecular formula is C23H20ClFN2O4S. The minimum absolute atomic E-state index is 0.00481. The summed E-state index contributed by atoms with van der Waals surface area (Å²) in [6.07, 6.45) is 1.44. The Morgan fingerprint density at radius 3 is 2.44 bits per heavy atom. The predicted molar refractivity (Wildman–Crippen MR) is 120 cm³/mol. The van der Waals surface area contributed by atoms with E-state index in [2.05, 4.69) is 5.32 Å². The summed E-state index contributed by atoms with van der Waals surface area (Å²) in [7, 11) is -4.02. The highest BCUT2D eigenvalue weighted by Crippen LogP contribution is 2.32. The maximum atomic E-state index is 14.4. The standard InChI is InChI=1S/C23H20ClFN2O4S/c24-17-9-11-21(31-18-6-2-1-3-7-18)20(15-17)26-23(28)16-8-10-19(25)22(14-16)32(29,30)27-12-4-5-13-27/h1-3,6-11,14-15H,4-5,12-13H2,(H,26,28). The fourth-order valence-corrected chi connectivity index (χ4v) is 5.19. The minimum Gasteiger partial charge on any atom is -0.455 e. The smallest absolute Gasteiger partial charge is 0.255 e. The van der Waals surface area contributed by atoms with Crippen LogP contribution >= 0.6 is 11.6 Å². The number of hydrogen-bond donors (Lipinski definition) is 1. The number of hydrogen-bond acceptors (Lipinski definition) is 4. The molecule has 1 aliphatic heterocycles. The molecule has 1 saturated heterocycles. The average Bonchev–Trinajstić information content (AvgIpc) is 3.32. The second-order valence-corrected chi connectivity index (χ2v) is 9.61. The van der Waals surface area contributed by atoms with Crippen molar-refractivity contribution in [1.29, 1.82) is 0 Å². The Morgan fingerprint density at radius 2 is 1.72 bits per heavy atom. The lowest BCUT2D eigenvalue weighted by Gasteiger charge is -2.17. The van der Waals surface area contributed by atoms with E-state index >= 15 is 0 Å². The first-order valence-electron chi connectivity index (χ1n) is 9.98. The quantitative estimate of drug-likeness (QED) is 0.525. The normalized spacial score (nSPS) is 14.3. The van der Waals surface area contributed by atoms with Crippen LogP contribution in [0.25, 0.3) is 0 Å². The van der Waals surface area contributed by atoms with Crippen LogP contribution < -0.4 is 10.1 Å². The van der Waals surface area contributed by atoms with E-state index in [1.807, 2.05) is 18.2 Å². The Balaban J connectivity index is 1.62. The molecule has 32 heavy (non-hydrogen) atoms. The van der Waals surface area contributed by atoms with E-state index in [4.69, 9.17) is 16.3 Å². The van der Waals surface area contributed by atoms with E-state index in [0.29, 0.717) is 35.3 Å². The van der Waals surface area contributed by atoms with Crippen molar-refractivity contribution in [2.24, 2.45) is 0 Å². The van der Waals surface area contributed by atoms with E-state index in [1.165, 1.54) is 16.4 Å². The fourth-order valence-electron chi connectivity index (χ4n) is 3.41. The fraction of sp³-hybridized carbons (Fsp3) is 0.174. The first kappa shape index (κ1) is 22.3. The third-order valence-corrected chi connectivity index (χ3v) is 7.19. The summed E-state index contributed by atoms with van der Waals surface area (Å²) in [5.74, 6) is -0.612. The van der Waals surface area contributed by atoms with Gasteiger partial charge in [-0.15, -0.1) is 0 Å². The number of carbonyl (C=O) groups is 1. The number of rotatable bonds is 6. The van der Waals surface area contributed by atoms with E-state index in [9.17, 15) is 17.6 Å². The molecule has 1 amide bonds. The van der Waals surface area contributed by atoms with Gasteiger partial charge in [-0.05, 0) is 61.4 Å². The summed E-state index contributed by atoms with van der Waals surface area (Å²) in [5, 5.41) is 3.05. The predicted octanol–water partition coefficient (Wildman–Crippen LogP) is 5.31. The molecule has 0 unspecified atom stereocenters. The van der Waals surface area contributed by atoms with E-state index in [1.54, 1.807) is 24.3 Å². The molecule has 0 atom stereocenters. The highest BCUT2D eigenvalue weighted by atomic mass is 35.5. The molecule has 0 bridgehead atoms. The summed E-state index contributed by atoms with van der Waals surface area (Å²) < 4.78 is 47.1. The summed E-state index contributed by atoms with van der Waals surface area (Å²) >= 11 is 6.09. The Bertz CT molecular complexity index is 1250. The van der Waals surface area contributed by atoms with Gasteiger partial charge >= 0.3 is 0 Å². The maximum absolute atomic E-state index is 14.4. The molecular weight excluding hydrogens is 455 g/mol. The molecule has 6 nitrogen and oxygen atoms in total. The molecule has 0 saturated carbocycles. The number of anilines is 1. The zero-order valence-corrected chi connectivity index (χ0v) is 18.5. The highest BCUT2D eigenvalue weighted by Gasteiger charge is 2.30. The van der Waals surface area contributed by atoms with Crippen molar-refractivity contribution >= 4 is 33.2 Å². The average molecular weight is 475 g/mol. The van der Waals surface area contributed by atoms with Gasteiger partial charge in [-0.25, -0.2) is 12.8 Å². The van der Waals surface area contributed by atoms with Crippen LogP contribution in [0.4, 0.5) is 10.1 Å². The number of halogens is 2. The summed E-state index contributed by atoms with van der Waals surface area (Å²) in [5.41, 5.74) is 0.287. The number of nitrogens with one attached hydrogen (secondary N) is 1. The van der Waals surface area contributed by atoms with E-state index in [0.717, 1.165) is 25.0 Å². The van der Waals surface area contributed by atoms with Crippen molar-refractivity contribution in [3.05, 3.63) is 83.1 Å². The van der Waals surface area contributed by atoms with Gasteiger partial charge in [-0.1, -0.05) is 29.8 Å². The monoisotopic (exact) mass is 474 g/mol. The van der Waals surface area contributed by atoms with Gasteiger partial charge in [0.2, 0.25) is 10.0 Å². The lowest BCUT2D eigenvalue weighted by Crippen LogP contribution is -2.29. The molecule has 166 valence electrons. The molecule has 9 heteroatoms. The first-order valence-corrected chi connectivity index (χ1v) is 11.8. The van der Waals surface area contributed by atoms with Crippen molar-refractivity contribution in [3.63, 3.8) is 0 Å². The van der Waals surface area contributed by atoms with Crippen LogP contribution in [0.1, 0.15) is 23.2 Å². The van der Waals surface area contributed by atoms with Crippen LogP contribution in [0.3, 0.4) is 0 Å². The zero-order chi connectivity index (χ0) is 22.7. The van der Waals surface area contributed by atoms with Crippen LogP contribution in [0, 0.1) is 5.82 Å². The number of carbonyl (C=O) groups excluding carboxylic acids is 1. The van der Waals surface area contributed by atoms with Crippen LogP contribution in [-0.2, 0) is 10.0 Å². The molecule has 0 spiro atoms. The Morgan fingerprint density at radius 1 is 1.00 bits per heavy atom. The maximum Gasteiger partial charge on any atom is 0.255 e. The lowest BCUT2D eigenvalue weighted by molar-refractivity contribution is 0.102. The molecule has 0 aromatic heterocycles. The van der Waals surface area contributed by atoms with E-state index in [-0.39, 0.29) is 5.56 Å². The molecule has 3 aromatic rings. The lowest BCUT2D eigenvalue weighted by atomic mass is 10.2. The molecule has 4 rings (SSSR count). The largest absolute Gasteiger partial charge is 0.455 e. The van der Waals surface area contributed by atoms with Crippen LogP contribution in [0.5, 0.6) is 11.5 Å². The third-order valence-electron chi connectivity index (χ3n) is 5.04. The molecule has 1 fully saturated rings. The number of nitrogens with zero attached hydrogens (tertiary/aromatic N) is 1. The number of para-hydroxylation sites is 1. The SMILES string of the molecule is O=C(Nc1cc(Cl)ccc1Oc1ccccc1)c1ccc(F)c(S(=O)(=O)N2CCCC2)c1. The number of sulfonamides is 1. The Hall–Kier alpha value is -2.94. The van der Waals surface area contributed by atoms with Crippen molar-refractivity contribution in [2.45, 2.75) is 17.7 Å². The van der Waals surface area contributed by atoms with Crippen molar-refractivity contribution in [1.82, 2.24) is 4.31 Å². The molecule has 1 heterocycles. The number of ether oxygens (including phenoxy) is 1. The van der Waals surface area contributed by atoms with Gasteiger partial charge in [-0.3, -0.25) is 4.79 Å². The third kappa shape index (κ3) is 4.77. The Labute approximate surface area is 190 Å². The second kappa shape index (κ2) is 9.28. The topological polar surface area (TPSA) is 75.7 Å². The molecule has 0 radical (unpaired) electrons. The molecule has 3 aromatic carbocycles. The van der Waals surface area contributed by atoms with E-state index < -0.39 is 26.6 Å². The number of benzene rings is 3. The van der Waals surface area contributed by atoms with Gasteiger partial charge in [0.15, 0.2) is 5.75 Å². The summed E-state index contributed by atoms with van der Waals surface area (Å²) in [6, 6.07) is 17.0. The van der Waals surface area contributed by atoms with Gasteiger partial charge in [0.25, 0.3) is 5.91 Å². The highest BCUT2D eigenvalue weighted by molar-refractivity contribution is 7.89.